The van der Waals surface area contributed by atoms with Crippen molar-refractivity contribution in [2.24, 2.45) is 5.41 Å². The molecule has 1 spiro atoms. The molecule has 0 aromatic heterocycles. The lowest BCUT2D eigenvalue weighted by molar-refractivity contribution is 0.0741. The average molecular weight is 274 g/mol. The maximum atomic E-state index is 12.2. The molecule has 1 aliphatic carbocycles. The van der Waals surface area contributed by atoms with Gasteiger partial charge in [0.15, 0.2) is 0 Å². The first-order chi connectivity index (χ1) is 9.73. The van der Waals surface area contributed by atoms with Crippen molar-refractivity contribution in [3.05, 3.63) is 35.9 Å². The Bertz CT molecular complexity index is 477. The Hall–Kier alpha value is -1.55. The van der Waals surface area contributed by atoms with E-state index in [2.05, 4.69) is 5.32 Å². The summed E-state index contributed by atoms with van der Waals surface area (Å²) in [5.74, 6) is 0. The number of hydrogen-bond acceptors (Lipinski definition) is 3. The van der Waals surface area contributed by atoms with Crippen molar-refractivity contribution in [3.63, 3.8) is 0 Å². The van der Waals surface area contributed by atoms with Crippen molar-refractivity contribution in [2.75, 3.05) is 20.1 Å². The van der Waals surface area contributed by atoms with E-state index in [0.717, 1.165) is 25.1 Å². The Morgan fingerprint density at radius 3 is 2.95 bits per heavy atom. The lowest BCUT2D eigenvalue weighted by atomic mass is 9.94. The van der Waals surface area contributed by atoms with Gasteiger partial charge in [0.05, 0.1) is 0 Å². The van der Waals surface area contributed by atoms with Crippen LogP contribution in [-0.4, -0.2) is 37.2 Å². The van der Waals surface area contributed by atoms with Gasteiger partial charge in [-0.3, -0.25) is 0 Å². The number of nitrogens with one attached hydrogen (secondary N) is 1. The highest BCUT2D eigenvalue weighted by atomic mass is 16.6. The number of carbonyl (C=O) groups excluding carboxylic acids is 1. The molecule has 1 N–H and O–H groups in total. The number of benzene rings is 1. The predicted octanol–water partition coefficient (Wildman–Crippen LogP) is 2.40. The first-order valence-electron chi connectivity index (χ1n) is 7.36. The molecule has 2 fully saturated rings. The predicted molar refractivity (Wildman–Crippen MR) is 77.3 cm³/mol. The fourth-order valence-corrected chi connectivity index (χ4v) is 3.33. The van der Waals surface area contributed by atoms with Crippen LogP contribution in [0.1, 0.15) is 24.8 Å². The molecule has 1 saturated carbocycles. The molecule has 108 valence electrons. The van der Waals surface area contributed by atoms with E-state index >= 15 is 0 Å². The number of carbonyl (C=O) groups is 1. The van der Waals surface area contributed by atoms with Gasteiger partial charge < -0.3 is 15.0 Å². The van der Waals surface area contributed by atoms with Crippen LogP contribution in [0.3, 0.4) is 0 Å². The normalized spacial score (nSPS) is 28.4. The number of amides is 1. The Labute approximate surface area is 120 Å². The summed E-state index contributed by atoms with van der Waals surface area (Å²) in [4.78, 5) is 14.0. The van der Waals surface area contributed by atoms with Crippen molar-refractivity contribution < 1.29 is 9.53 Å². The van der Waals surface area contributed by atoms with Gasteiger partial charge in [-0.2, -0.15) is 0 Å². The van der Waals surface area contributed by atoms with Gasteiger partial charge in [-0.25, -0.2) is 4.79 Å². The maximum absolute atomic E-state index is 12.2. The maximum Gasteiger partial charge on any atom is 0.410 e. The summed E-state index contributed by atoms with van der Waals surface area (Å²) in [7, 11) is 2.01. The number of rotatable bonds is 3. The van der Waals surface area contributed by atoms with Crippen LogP contribution in [0.4, 0.5) is 4.79 Å². The Morgan fingerprint density at radius 2 is 2.25 bits per heavy atom. The second kappa shape index (κ2) is 5.44. The molecule has 3 rings (SSSR count). The molecule has 2 aliphatic rings. The summed E-state index contributed by atoms with van der Waals surface area (Å²) in [6.45, 7) is 2.02. The van der Waals surface area contributed by atoms with E-state index in [4.69, 9.17) is 4.74 Å². The van der Waals surface area contributed by atoms with E-state index < -0.39 is 0 Å². The molecule has 0 bridgehead atoms. The molecule has 1 aliphatic heterocycles. The van der Waals surface area contributed by atoms with Gasteiger partial charge in [0.25, 0.3) is 0 Å². The fourth-order valence-electron chi connectivity index (χ4n) is 3.33. The van der Waals surface area contributed by atoms with E-state index in [1.165, 1.54) is 12.8 Å². The molecule has 1 aromatic carbocycles. The largest absolute Gasteiger partial charge is 0.445 e. The molecule has 20 heavy (non-hydrogen) atoms. The Morgan fingerprint density at radius 1 is 1.45 bits per heavy atom. The summed E-state index contributed by atoms with van der Waals surface area (Å²) in [6.07, 6.45) is 3.32. The van der Waals surface area contributed by atoms with Gasteiger partial charge in [-0.1, -0.05) is 30.3 Å². The third-order valence-corrected chi connectivity index (χ3v) is 4.61. The van der Waals surface area contributed by atoms with Gasteiger partial charge in [-0.15, -0.1) is 0 Å². The van der Waals surface area contributed by atoms with Gasteiger partial charge in [0.2, 0.25) is 0 Å². The average Bonchev–Trinajstić information content (AvgIpc) is 3.18. The van der Waals surface area contributed by atoms with E-state index in [-0.39, 0.29) is 6.09 Å². The third-order valence-electron chi connectivity index (χ3n) is 4.61. The molecular weight excluding hydrogens is 252 g/mol. The molecule has 1 aromatic rings. The second-order valence-corrected chi connectivity index (χ2v) is 5.97. The van der Waals surface area contributed by atoms with Gasteiger partial charge in [-0.05, 0) is 31.9 Å². The van der Waals surface area contributed by atoms with Crippen LogP contribution in [0.15, 0.2) is 30.3 Å². The minimum absolute atomic E-state index is 0.172. The zero-order valence-corrected chi connectivity index (χ0v) is 12.0. The van der Waals surface area contributed by atoms with Crippen molar-refractivity contribution >= 4 is 6.09 Å². The van der Waals surface area contributed by atoms with Crippen molar-refractivity contribution in [3.8, 4) is 0 Å². The Kier molecular flexibility index (Phi) is 3.66. The minimum atomic E-state index is -0.172. The van der Waals surface area contributed by atoms with E-state index in [0.29, 0.717) is 18.1 Å². The van der Waals surface area contributed by atoms with E-state index in [1.54, 1.807) is 0 Å². The molecule has 0 radical (unpaired) electrons. The SMILES string of the molecule is CNC1CC12CCCN(C(=O)OCc1ccccc1)C2. The quantitative estimate of drug-likeness (QED) is 0.920. The van der Waals surface area contributed by atoms with Crippen molar-refractivity contribution in [2.45, 2.75) is 31.9 Å². The van der Waals surface area contributed by atoms with Crippen LogP contribution in [0.25, 0.3) is 0 Å². The number of ether oxygens (including phenoxy) is 1. The van der Waals surface area contributed by atoms with Crippen LogP contribution >= 0.6 is 0 Å². The second-order valence-electron chi connectivity index (χ2n) is 5.97. The fraction of sp³-hybridized carbons (Fsp3) is 0.562. The van der Waals surface area contributed by atoms with Gasteiger partial charge in [0.1, 0.15) is 6.61 Å². The number of likely N-dealkylation sites (tertiary alicyclic amines) is 1. The number of nitrogens with zero attached hydrogens (tertiary/aromatic N) is 1. The standard InChI is InChI=1S/C16H22N2O2/c1-17-14-10-16(14)8-5-9-18(12-16)15(19)20-11-13-6-3-2-4-7-13/h2-4,6-7,14,17H,5,8-12H2,1H3. The topological polar surface area (TPSA) is 41.6 Å². The first kappa shape index (κ1) is 13.4. The third kappa shape index (κ3) is 2.66. The van der Waals surface area contributed by atoms with E-state index in [9.17, 15) is 4.79 Å². The molecular formula is C16H22N2O2. The summed E-state index contributed by atoms with van der Waals surface area (Å²) < 4.78 is 5.42. The lowest BCUT2D eigenvalue weighted by Gasteiger charge is -2.33. The summed E-state index contributed by atoms with van der Waals surface area (Å²) in [5, 5.41) is 3.34. The number of hydrogen-bond donors (Lipinski definition) is 1. The van der Waals surface area contributed by atoms with Crippen LogP contribution < -0.4 is 5.32 Å². The smallest absolute Gasteiger partial charge is 0.410 e. The molecule has 1 amide bonds. The van der Waals surface area contributed by atoms with E-state index in [1.807, 2.05) is 42.3 Å². The highest BCUT2D eigenvalue weighted by molar-refractivity contribution is 5.68. The monoisotopic (exact) mass is 274 g/mol. The molecule has 4 nitrogen and oxygen atoms in total. The highest BCUT2D eigenvalue weighted by Crippen LogP contribution is 2.52. The minimum Gasteiger partial charge on any atom is -0.445 e. The molecule has 1 saturated heterocycles. The van der Waals surface area contributed by atoms with Crippen LogP contribution in [0, 0.1) is 5.41 Å². The molecule has 4 heteroatoms. The first-order valence-corrected chi connectivity index (χ1v) is 7.36. The summed E-state index contributed by atoms with van der Waals surface area (Å²) in [5.41, 5.74) is 1.35. The van der Waals surface area contributed by atoms with Crippen molar-refractivity contribution in [1.29, 1.82) is 0 Å². The van der Waals surface area contributed by atoms with Crippen LogP contribution in [0.2, 0.25) is 0 Å². The molecule has 2 atom stereocenters. The highest BCUT2D eigenvalue weighted by Gasteiger charge is 2.55. The molecule has 1 heterocycles. The van der Waals surface area contributed by atoms with Gasteiger partial charge >= 0.3 is 6.09 Å². The number of piperidine rings is 1. The van der Waals surface area contributed by atoms with Gasteiger partial charge in [0, 0.05) is 24.5 Å². The zero-order valence-electron chi connectivity index (χ0n) is 12.0. The zero-order chi connectivity index (χ0) is 14.0. The van der Waals surface area contributed by atoms with Crippen molar-refractivity contribution in [1.82, 2.24) is 10.2 Å². The summed E-state index contributed by atoms with van der Waals surface area (Å²) in [6, 6.07) is 10.4. The Balaban J connectivity index is 1.52. The van der Waals surface area contributed by atoms with Crippen LogP contribution in [0.5, 0.6) is 0 Å². The molecule has 2 unspecified atom stereocenters. The lowest BCUT2D eigenvalue weighted by Crippen LogP contribution is -2.43. The van der Waals surface area contributed by atoms with Crippen LogP contribution in [-0.2, 0) is 11.3 Å². The summed E-state index contributed by atoms with van der Waals surface area (Å²) >= 11 is 0.